The van der Waals surface area contributed by atoms with Crippen LogP contribution in [-0.2, 0) is 0 Å². The third kappa shape index (κ3) is 9.56. The summed E-state index contributed by atoms with van der Waals surface area (Å²) in [5.41, 5.74) is 0. The molecule has 0 nitrogen and oxygen atoms in total. The fraction of sp³-hybridized carbons (Fsp3) is 0.833. The van der Waals surface area contributed by atoms with E-state index in [0.717, 1.165) is 5.92 Å². The molecule has 0 heteroatoms. The quantitative estimate of drug-likeness (QED) is 0.520. The molecule has 12 heavy (non-hydrogen) atoms. The molecular formula is C12H24. The molecule has 0 aromatic rings. The highest BCUT2D eigenvalue weighted by Crippen LogP contribution is 2.17. The van der Waals surface area contributed by atoms with Crippen LogP contribution in [0.1, 0.15) is 59.3 Å². The van der Waals surface area contributed by atoms with Gasteiger partial charge in [0.25, 0.3) is 0 Å². The van der Waals surface area contributed by atoms with Crippen LogP contribution in [0.4, 0.5) is 0 Å². The molecule has 1 atom stereocenters. The van der Waals surface area contributed by atoms with Crippen LogP contribution in [0, 0.1) is 18.8 Å². The highest BCUT2D eigenvalue weighted by Gasteiger charge is 2.02. The van der Waals surface area contributed by atoms with Crippen molar-refractivity contribution < 1.29 is 0 Å². The van der Waals surface area contributed by atoms with Gasteiger partial charge in [-0.25, -0.2) is 0 Å². The molecule has 0 fully saturated rings. The van der Waals surface area contributed by atoms with Crippen molar-refractivity contribution in [3.8, 4) is 12.8 Å². The first-order chi connectivity index (χ1) is 5.85. The lowest BCUT2D eigenvalue weighted by Crippen LogP contribution is -1.97. The van der Waals surface area contributed by atoms with Crippen LogP contribution < -0.4 is 0 Å². The lowest BCUT2D eigenvalue weighted by Gasteiger charge is -2.11. The zero-order chi connectivity index (χ0) is 9.82. The van der Waals surface area contributed by atoms with Gasteiger partial charge in [0.15, 0.2) is 0 Å². The summed E-state index contributed by atoms with van der Waals surface area (Å²) in [6, 6.07) is 0. The summed E-state index contributed by atoms with van der Waals surface area (Å²) in [7, 11) is 0. The average Bonchev–Trinajstić information content (AvgIpc) is 2.15. The standard InChI is InChI=1S/C10H22.C2H2/c1-4-7-9-10(6-3)8-5-2;1-2/h10H,4-9H2,1-3H3;1-2H. The third-order valence-electron chi connectivity index (χ3n) is 2.24. The molecular weight excluding hydrogens is 144 g/mol. The molecule has 0 aliphatic heterocycles. The van der Waals surface area contributed by atoms with E-state index in [1.54, 1.807) is 0 Å². The monoisotopic (exact) mass is 168 g/mol. The zero-order valence-corrected chi connectivity index (χ0v) is 8.97. The molecule has 0 heterocycles. The largest absolute Gasteiger partial charge is 0.124 e. The molecule has 0 aromatic carbocycles. The van der Waals surface area contributed by atoms with Crippen LogP contribution in [0.25, 0.3) is 0 Å². The molecule has 72 valence electrons. The molecule has 0 saturated heterocycles. The van der Waals surface area contributed by atoms with Gasteiger partial charge in [-0.2, -0.15) is 0 Å². The smallest absolute Gasteiger partial charge is 0.0417 e. The molecule has 0 saturated carbocycles. The van der Waals surface area contributed by atoms with Crippen LogP contribution in [0.3, 0.4) is 0 Å². The van der Waals surface area contributed by atoms with Gasteiger partial charge in [-0.15, -0.1) is 12.8 Å². The molecule has 0 aliphatic rings. The zero-order valence-electron chi connectivity index (χ0n) is 8.97. The summed E-state index contributed by atoms with van der Waals surface area (Å²) in [5.74, 6) is 1.02. The van der Waals surface area contributed by atoms with Gasteiger partial charge in [-0.3, -0.25) is 0 Å². The van der Waals surface area contributed by atoms with Gasteiger partial charge in [0.05, 0.1) is 0 Å². The van der Waals surface area contributed by atoms with E-state index in [1.807, 2.05) is 0 Å². The van der Waals surface area contributed by atoms with E-state index in [2.05, 4.69) is 33.6 Å². The van der Waals surface area contributed by atoms with Gasteiger partial charge in [0.1, 0.15) is 0 Å². The van der Waals surface area contributed by atoms with Crippen molar-refractivity contribution in [3.05, 3.63) is 0 Å². The van der Waals surface area contributed by atoms with Crippen molar-refractivity contribution in [1.29, 1.82) is 0 Å². The number of hydrogen-bond donors (Lipinski definition) is 0. The van der Waals surface area contributed by atoms with Crippen molar-refractivity contribution >= 4 is 0 Å². The molecule has 0 aromatic heterocycles. The number of rotatable bonds is 6. The lowest BCUT2D eigenvalue weighted by atomic mass is 9.95. The van der Waals surface area contributed by atoms with Crippen molar-refractivity contribution in [3.63, 3.8) is 0 Å². The van der Waals surface area contributed by atoms with Gasteiger partial charge in [-0.1, -0.05) is 59.3 Å². The second-order valence-electron chi connectivity index (χ2n) is 3.21. The van der Waals surface area contributed by atoms with Crippen LogP contribution in [0.5, 0.6) is 0 Å². The highest BCUT2D eigenvalue weighted by atomic mass is 14.1. The minimum atomic E-state index is 1.02. The van der Waals surface area contributed by atoms with Crippen LogP contribution in [0.2, 0.25) is 0 Å². The predicted octanol–water partition coefficient (Wildman–Crippen LogP) is 4.25. The summed E-state index contributed by atoms with van der Waals surface area (Å²) in [6.07, 6.45) is 16.4. The van der Waals surface area contributed by atoms with E-state index < -0.39 is 0 Å². The Hall–Kier alpha value is -0.440. The Kier molecular flexibility index (Phi) is 15.5. The Morgan fingerprint density at radius 1 is 0.917 bits per heavy atom. The van der Waals surface area contributed by atoms with Gasteiger partial charge in [0.2, 0.25) is 0 Å². The van der Waals surface area contributed by atoms with Crippen molar-refractivity contribution in [1.82, 2.24) is 0 Å². The Morgan fingerprint density at radius 3 is 1.83 bits per heavy atom. The molecule has 0 spiro atoms. The Balaban J connectivity index is 0. The lowest BCUT2D eigenvalue weighted by molar-refractivity contribution is 0.417. The predicted molar refractivity (Wildman–Crippen MR) is 58.1 cm³/mol. The van der Waals surface area contributed by atoms with Crippen LogP contribution >= 0.6 is 0 Å². The number of hydrogen-bond acceptors (Lipinski definition) is 0. The molecule has 0 N–H and O–H groups in total. The summed E-state index contributed by atoms with van der Waals surface area (Å²) in [5, 5.41) is 0. The van der Waals surface area contributed by atoms with Crippen molar-refractivity contribution in [2.75, 3.05) is 0 Å². The first-order valence-corrected chi connectivity index (χ1v) is 5.18. The summed E-state index contributed by atoms with van der Waals surface area (Å²) in [6.45, 7) is 6.88. The summed E-state index contributed by atoms with van der Waals surface area (Å²) >= 11 is 0. The van der Waals surface area contributed by atoms with Crippen LogP contribution in [0.15, 0.2) is 0 Å². The maximum Gasteiger partial charge on any atom is -0.0417 e. The second-order valence-corrected chi connectivity index (χ2v) is 3.21. The molecule has 0 bridgehead atoms. The maximum atomic E-state index is 4.00. The van der Waals surface area contributed by atoms with Crippen molar-refractivity contribution in [2.24, 2.45) is 5.92 Å². The fourth-order valence-electron chi connectivity index (χ4n) is 1.45. The first-order valence-electron chi connectivity index (χ1n) is 5.18. The Labute approximate surface area is 78.8 Å². The first kappa shape index (κ1) is 14.1. The minimum absolute atomic E-state index is 1.02. The third-order valence-corrected chi connectivity index (χ3v) is 2.24. The fourth-order valence-corrected chi connectivity index (χ4v) is 1.45. The SMILES string of the molecule is C#C.CCCCC(CC)CCC. The molecule has 0 aliphatic carbocycles. The normalized spacial score (nSPS) is 11.4. The average molecular weight is 168 g/mol. The van der Waals surface area contributed by atoms with E-state index in [1.165, 1.54) is 38.5 Å². The Bertz CT molecular complexity index is 81.3. The second kappa shape index (κ2) is 13.2. The van der Waals surface area contributed by atoms with Gasteiger partial charge < -0.3 is 0 Å². The van der Waals surface area contributed by atoms with Crippen molar-refractivity contribution in [2.45, 2.75) is 59.3 Å². The summed E-state index contributed by atoms with van der Waals surface area (Å²) in [4.78, 5) is 0. The van der Waals surface area contributed by atoms with Gasteiger partial charge in [-0.05, 0) is 5.92 Å². The highest BCUT2D eigenvalue weighted by molar-refractivity contribution is 4.55. The van der Waals surface area contributed by atoms with E-state index in [4.69, 9.17) is 0 Å². The van der Waals surface area contributed by atoms with E-state index in [0.29, 0.717) is 0 Å². The Morgan fingerprint density at radius 2 is 1.50 bits per heavy atom. The van der Waals surface area contributed by atoms with Gasteiger partial charge >= 0.3 is 0 Å². The maximum absolute atomic E-state index is 4.00. The molecule has 0 radical (unpaired) electrons. The number of terminal acetylenes is 1. The van der Waals surface area contributed by atoms with E-state index >= 15 is 0 Å². The number of unbranched alkanes of at least 4 members (excludes halogenated alkanes) is 1. The van der Waals surface area contributed by atoms with E-state index in [9.17, 15) is 0 Å². The minimum Gasteiger partial charge on any atom is -0.124 e. The summed E-state index contributed by atoms with van der Waals surface area (Å²) < 4.78 is 0. The van der Waals surface area contributed by atoms with Crippen LogP contribution in [-0.4, -0.2) is 0 Å². The van der Waals surface area contributed by atoms with Gasteiger partial charge in [0, 0.05) is 0 Å². The topological polar surface area (TPSA) is 0 Å². The molecule has 1 unspecified atom stereocenters. The molecule has 0 amide bonds. The van der Waals surface area contributed by atoms with E-state index in [-0.39, 0.29) is 0 Å². The molecule has 0 rings (SSSR count).